The van der Waals surface area contributed by atoms with E-state index in [0.29, 0.717) is 5.92 Å². The van der Waals surface area contributed by atoms with Gasteiger partial charge in [-0.25, -0.2) is 0 Å². The summed E-state index contributed by atoms with van der Waals surface area (Å²) in [7, 11) is 2.01. The molecule has 2 rings (SSSR count). The van der Waals surface area contributed by atoms with E-state index in [1.165, 1.54) is 26.9 Å². The second-order valence-electron chi connectivity index (χ2n) is 4.88. The number of hydrogen-bond donors (Lipinski definition) is 1. The molecule has 0 fully saturated rings. The molecule has 1 aromatic carbocycles. The van der Waals surface area contributed by atoms with Crippen molar-refractivity contribution in [2.24, 2.45) is 0 Å². The number of nitrogens with one attached hydrogen (secondary N) is 1. The molecule has 1 aromatic heterocycles. The van der Waals surface area contributed by atoms with Gasteiger partial charge < -0.3 is 5.32 Å². The normalized spacial score (nSPS) is 14.3. The molecule has 2 atom stereocenters. The van der Waals surface area contributed by atoms with Crippen LogP contribution in [0.25, 0.3) is 0 Å². The highest BCUT2D eigenvalue weighted by Crippen LogP contribution is 2.30. The summed E-state index contributed by atoms with van der Waals surface area (Å²) in [6, 6.07) is 11.5. The van der Waals surface area contributed by atoms with E-state index >= 15 is 0 Å². The molecule has 102 valence electrons. The van der Waals surface area contributed by atoms with Gasteiger partial charge in [0.15, 0.2) is 0 Å². The molecule has 1 heterocycles. The van der Waals surface area contributed by atoms with Crippen molar-refractivity contribution >= 4 is 27.3 Å². The fraction of sp³-hybridized carbons (Fsp3) is 0.375. The molecule has 1 nitrogen and oxygen atoms in total. The van der Waals surface area contributed by atoms with Gasteiger partial charge in [0, 0.05) is 0 Å². The van der Waals surface area contributed by atoms with Crippen LogP contribution in [0.4, 0.5) is 0 Å². The van der Waals surface area contributed by atoms with Crippen molar-refractivity contribution in [3.8, 4) is 0 Å². The van der Waals surface area contributed by atoms with Crippen molar-refractivity contribution < 1.29 is 0 Å². The van der Waals surface area contributed by atoms with E-state index in [0.717, 1.165) is 0 Å². The fourth-order valence-electron chi connectivity index (χ4n) is 2.25. The maximum Gasteiger partial charge on any atom is 0.0701 e. The Morgan fingerprint density at radius 2 is 1.79 bits per heavy atom. The molecule has 0 spiro atoms. The summed E-state index contributed by atoms with van der Waals surface area (Å²) in [5.41, 5.74) is 4.06. The lowest BCUT2D eigenvalue weighted by molar-refractivity contribution is 0.690. The number of hydrogen-bond acceptors (Lipinski definition) is 2. The number of benzene rings is 1. The standard InChI is InChI=1S/C16H20BrNS/c1-4-11(2)12-5-7-13(8-6-12)16(18-3)14-9-15(17)19-10-14/h5-11,16,18H,4H2,1-3H3. The molecule has 19 heavy (non-hydrogen) atoms. The van der Waals surface area contributed by atoms with E-state index in [1.807, 2.05) is 7.05 Å². The van der Waals surface area contributed by atoms with Crippen LogP contribution in [0.15, 0.2) is 39.5 Å². The average molecular weight is 338 g/mol. The van der Waals surface area contributed by atoms with Gasteiger partial charge in [0.05, 0.1) is 9.83 Å². The highest BCUT2D eigenvalue weighted by Gasteiger charge is 2.14. The van der Waals surface area contributed by atoms with E-state index in [1.54, 1.807) is 11.3 Å². The summed E-state index contributed by atoms with van der Waals surface area (Å²) < 4.78 is 1.18. The summed E-state index contributed by atoms with van der Waals surface area (Å²) in [4.78, 5) is 0. The van der Waals surface area contributed by atoms with E-state index in [9.17, 15) is 0 Å². The number of rotatable bonds is 5. The minimum atomic E-state index is 0.272. The molecule has 2 unspecified atom stereocenters. The number of thiophene rings is 1. The van der Waals surface area contributed by atoms with E-state index < -0.39 is 0 Å². The predicted molar refractivity (Wildman–Crippen MR) is 88.1 cm³/mol. The molecule has 0 bridgehead atoms. The first kappa shape index (κ1) is 14.8. The molecule has 1 N–H and O–H groups in total. The van der Waals surface area contributed by atoms with Crippen LogP contribution >= 0.6 is 27.3 Å². The highest BCUT2D eigenvalue weighted by atomic mass is 79.9. The third-order valence-electron chi connectivity index (χ3n) is 3.66. The zero-order valence-corrected chi connectivity index (χ0v) is 14.0. The molecule has 0 aliphatic rings. The van der Waals surface area contributed by atoms with Gasteiger partial charge >= 0.3 is 0 Å². The topological polar surface area (TPSA) is 12.0 Å². The van der Waals surface area contributed by atoms with Crippen LogP contribution in [0.1, 0.15) is 48.9 Å². The van der Waals surface area contributed by atoms with Gasteiger partial charge in [-0.05, 0) is 63.5 Å². The van der Waals surface area contributed by atoms with E-state index in [2.05, 4.69) is 70.8 Å². The van der Waals surface area contributed by atoms with Crippen molar-refractivity contribution in [3.05, 3.63) is 56.2 Å². The van der Waals surface area contributed by atoms with Gasteiger partial charge in [-0.15, -0.1) is 11.3 Å². The van der Waals surface area contributed by atoms with Gasteiger partial charge in [0.25, 0.3) is 0 Å². The molecule has 3 heteroatoms. The third-order valence-corrected chi connectivity index (χ3v) is 5.18. The SMILES string of the molecule is CCC(C)c1ccc(C(NC)c2csc(Br)c2)cc1. The Balaban J connectivity index is 2.24. The van der Waals surface area contributed by atoms with Gasteiger partial charge in [0.1, 0.15) is 0 Å². The Labute approximate surface area is 128 Å². The van der Waals surface area contributed by atoms with Crippen LogP contribution in [-0.4, -0.2) is 7.05 Å². The molecule has 0 aliphatic heterocycles. The molecular formula is C16H20BrNS. The first-order chi connectivity index (χ1) is 9.15. The van der Waals surface area contributed by atoms with Crippen molar-refractivity contribution in [2.45, 2.75) is 32.2 Å². The Hall–Kier alpha value is -0.640. The Morgan fingerprint density at radius 3 is 2.26 bits per heavy atom. The lowest BCUT2D eigenvalue weighted by atomic mass is 9.94. The molecule has 0 saturated carbocycles. The van der Waals surface area contributed by atoms with E-state index in [4.69, 9.17) is 0 Å². The average Bonchev–Trinajstić information content (AvgIpc) is 2.86. The minimum Gasteiger partial charge on any atom is -0.309 e. The Kier molecular flexibility index (Phi) is 5.20. The zero-order valence-electron chi connectivity index (χ0n) is 11.6. The van der Waals surface area contributed by atoms with Crippen molar-refractivity contribution in [1.82, 2.24) is 5.32 Å². The van der Waals surface area contributed by atoms with Gasteiger partial charge in [0.2, 0.25) is 0 Å². The highest BCUT2D eigenvalue weighted by molar-refractivity contribution is 9.11. The van der Waals surface area contributed by atoms with Crippen LogP contribution < -0.4 is 5.32 Å². The first-order valence-corrected chi connectivity index (χ1v) is 8.34. The summed E-state index contributed by atoms with van der Waals surface area (Å²) in [6.07, 6.45) is 1.19. The Bertz CT molecular complexity index is 518. The lowest BCUT2D eigenvalue weighted by Gasteiger charge is -2.17. The van der Waals surface area contributed by atoms with Crippen LogP contribution in [0.5, 0.6) is 0 Å². The van der Waals surface area contributed by atoms with Crippen molar-refractivity contribution in [2.75, 3.05) is 7.05 Å². The fourth-order valence-corrected chi connectivity index (χ4v) is 3.45. The molecule has 0 amide bonds. The van der Waals surface area contributed by atoms with Gasteiger partial charge in [-0.3, -0.25) is 0 Å². The largest absolute Gasteiger partial charge is 0.309 e. The summed E-state index contributed by atoms with van der Waals surface area (Å²) in [5.74, 6) is 0.636. The monoisotopic (exact) mass is 337 g/mol. The van der Waals surface area contributed by atoms with Crippen molar-refractivity contribution in [1.29, 1.82) is 0 Å². The molecular weight excluding hydrogens is 318 g/mol. The zero-order chi connectivity index (χ0) is 13.8. The second-order valence-corrected chi connectivity index (χ2v) is 7.17. The molecule has 0 aliphatic carbocycles. The van der Waals surface area contributed by atoms with Gasteiger partial charge in [-0.1, -0.05) is 38.1 Å². The van der Waals surface area contributed by atoms with Crippen LogP contribution in [-0.2, 0) is 0 Å². The quantitative estimate of drug-likeness (QED) is 0.777. The van der Waals surface area contributed by atoms with Gasteiger partial charge in [-0.2, -0.15) is 0 Å². The summed E-state index contributed by atoms with van der Waals surface area (Å²) in [5, 5.41) is 5.60. The molecule has 0 saturated heterocycles. The first-order valence-electron chi connectivity index (χ1n) is 6.66. The molecule has 0 radical (unpaired) electrons. The van der Waals surface area contributed by atoms with Crippen LogP contribution in [0, 0.1) is 0 Å². The smallest absolute Gasteiger partial charge is 0.0701 e. The minimum absolute atomic E-state index is 0.272. The summed E-state index contributed by atoms with van der Waals surface area (Å²) >= 11 is 5.26. The second kappa shape index (κ2) is 6.69. The lowest BCUT2D eigenvalue weighted by Crippen LogP contribution is -2.16. The predicted octanol–water partition coefficient (Wildman–Crippen LogP) is 5.33. The number of halogens is 1. The van der Waals surface area contributed by atoms with E-state index in [-0.39, 0.29) is 6.04 Å². The van der Waals surface area contributed by atoms with Crippen LogP contribution in [0.2, 0.25) is 0 Å². The molecule has 2 aromatic rings. The maximum absolute atomic E-state index is 3.53. The third kappa shape index (κ3) is 3.47. The maximum atomic E-state index is 3.53. The van der Waals surface area contributed by atoms with Crippen LogP contribution in [0.3, 0.4) is 0 Å². The van der Waals surface area contributed by atoms with Crippen molar-refractivity contribution in [3.63, 3.8) is 0 Å². The Morgan fingerprint density at radius 1 is 1.16 bits per heavy atom. The summed E-state index contributed by atoms with van der Waals surface area (Å²) in [6.45, 7) is 4.51.